The highest BCUT2D eigenvalue weighted by molar-refractivity contribution is 7.91. The Hall–Kier alpha value is -1.28. The summed E-state index contributed by atoms with van der Waals surface area (Å²) in [5.74, 6) is 0. The zero-order chi connectivity index (χ0) is 15.1. The standard InChI is InChI=1S/C14H19N3O2S2/c1-2-6-15-9-12-8-14(20-11-12)21(18,19)17-10-13-5-3-4-7-16-13/h3-5,7-8,11,15,17H,2,6,9-10H2,1H3. The fraction of sp³-hybridized carbons (Fsp3) is 0.357. The highest BCUT2D eigenvalue weighted by Crippen LogP contribution is 2.20. The molecule has 0 aliphatic rings. The van der Waals surface area contributed by atoms with Gasteiger partial charge in [0.25, 0.3) is 0 Å². The van der Waals surface area contributed by atoms with E-state index in [1.54, 1.807) is 24.4 Å². The first-order valence-electron chi connectivity index (χ1n) is 6.79. The molecule has 2 N–H and O–H groups in total. The molecule has 0 bridgehead atoms. The lowest BCUT2D eigenvalue weighted by molar-refractivity contribution is 0.582. The van der Waals surface area contributed by atoms with E-state index in [0.717, 1.165) is 18.5 Å². The van der Waals surface area contributed by atoms with Crippen molar-refractivity contribution in [3.05, 3.63) is 47.1 Å². The summed E-state index contributed by atoms with van der Waals surface area (Å²) < 4.78 is 27.3. The first kappa shape index (κ1) is 16.1. The van der Waals surface area contributed by atoms with Gasteiger partial charge in [-0.1, -0.05) is 13.0 Å². The summed E-state index contributed by atoms with van der Waals surface area (Å²) in [6, 6.07) is 7.14. The lowest BCUT2D eigenvalue weighted by Crippen LogP contribution is -2.22. The molecule has 114 valence electrons. The molecule has 0 saturated heterocycles. The van der Waals surface area contributed by atoms with E-state index in [-0.39, 0.29) is 6.54 Å². The van der Waals surface area contributed by atoms with Gasteiger partial charge in [0.15, 0.2) is 0 Å². The number of pyridine rings is 1. The average molecular weight is 325 g/mol. The minimum absolute atomic E-state index is 0.199. The largest absolute Gasteiger partial charge is 0.313 e. The van der Waals surface area contributed by atoms with E-state index in [2.05, 4.69) is 21.9 Å². The van der Waals surface area contributed by atoms with E-state index in [4.69, 9.17) is 0 Å². The molecule has 0 aromatic carbocycles. The van der Waals surface area contributed by atoms with E-state index >= 15 is 0 Å². The number of hydrogen-bond donors (Lipinski definition) is 2. The number of sulfonamides is 1. The van der Waals surface area contributed by atoms with Crippen molar-refractivity contribution >= 4 is 21.4 Å². The van der Waals surface area contributed by atoms with Crippen LogP contribution in [-0.4, -0.2) is 19.9 Å². The molecule has 0 unspecified atom stereocenters. The molecule has 7 heteroatoms. The van der Waals surface area contributed by atoms with Crippen LogP contribution in [0.2, 0.25) is 0 Å². The maximum absolute atomic E-state index is 12.2. The molecule has 0 amide bonds. The molecule has 5 nitrogen and oxygen atoms in total. The van der Waals surface area contributed by atoms with Crippen molar-refractivity contribution in [3.63, 3.8) is 0 Å². The van der Waals surface area contributed by atoms with Crippen molar-refractivity contribution in [2.45, 2.75) is 30.6 Å². The molecule has 2 rings (SSSR count). The molecule has 2 aromatic rings. The quantitative estimate of drug-likeness (QED) is 0.729. The predicted octanol–water partition coefficient (Wildman–Crippen LogP) is 2.12. The summed E-state index contributed by atoms with van der Waals surface area (Å²) in [5.41, 5.74) is 1.69. The highest BCUT2D eigenvalue weighted by atomic mass is 32.2. The Labute approximate surface area is 129 Å². The summed E-state index contributed by atoms with van der Waals surface area (Å²) in [6.07, 6.45) is 2.70. The second-order valence-electron chi connectivity index (χ2n) is 4.60. The Kier molecular flexibility index (Phi) is 5.86. The number of aromatic nitrogens is 1. The van der Waals surface area contributed by atoms with Crippen LogP contribution in [-0.2, 0) is 23.1 Å². The Morgan fingerprint density at radius 2 is 2.14 bits per heavy atom. The Balaban J connectivity index is 1.96. The summed E-state index contributed by atoms with van der Waals surface area (Å²) in [6.45, 7) is 3.92. The molecule has 0 fully saturated rings. The first-order valence-corrected chi connectivity index (χ1v) is 9.16. The Bertz CT molecular complexity index is 654. The van der Waals surface area contributed by atoms with Crippen LogP contribution in [0, 0.1) is 0 Å². The third-order valence-electron chi connectivity index (χ3n) is 2.82. The SMILES string of the molecule is CCCNCc1csc(S(=O)(=O)NCc2ccccn2)c1. The Morgan fingerprint density at radius 3 is 2.86 bits per heavy atom. The molecular weight excluding hydrogens is 306 g/mol. The van der Waals surface area contributed by atoms with Gasteiger partial charge in [-0.05, 0) is 42.1 Å². The Morgan fingerprint density at radius 1 is 1.29 bits per heavy atom. The first-order chi connectivity index (χ1) is 10.1. The van der Waals surface area contributed by atoms with Crippen molar-refractivity contribution in [1.82, 2.24) is 15.0 Å². The third kappa shape index (κ3) is 4.89. The van der Waals surface area contributed by atoms with E-state index < -0.39 is 10.0 Å². The van der Waals surface area contributed by atoms with Gasteiger partial charge in [0.1, 0.15) is 4.21 Å². The van der Waals surface area contributed by atoms with Crippen LogP contribution in [0.25, 0.3) is 0 Å². The van der Waals surface area contributed by atoms with Gasteiger partial charge in [-0.15, -0.1) is 11.3 Å². The van der Waals surface area contributed by atoms with E-state index in [0.29, 0.717) is 16.4 Å². The molecule has 0 radical (unpaired) electrons. The van der Waals surface area contributed by atoms with Gasteiger partial charge in [-0.2, -0.15) is 0 Å². The second kappa shape index (κ2) is 7.65. The normalized spacial score (nSPS) is 11.7. The van der Waals surface area contributed by atoms with E-state index in [1.807, 2.05) is 11.4 Å². The number of nitrogens with one attached hydrogen (secondary N) is 2. The van der Waals surface area contributed by atoms with Gasteiger partial charge >= 0.3 is 0 Å². The fourth-order valence-electron chi connectivity index (χ4n) is 1.74. The number of hydrogen-bond acceptors (Lipinski definition) is 5. The van der Waals surface area contributed by atoms with Crippen molar-refractivity contribution in [2.24, 2.45) is 0 Å². The van der Waals surface area contributed by atoms with Gasteiger partial charge in [0.2, 0.25) is 10.0 Å². The van der Waals surface area contributed by atoms with Gasteiger partial charge in [-0.3, -0.25) is 4.98 Å². The molecule has 0 saturated carbocycles. The summed E-state index contributed by atoms with van der Waals surface area (Å²) in [7, 11) is -3.47. The molecule has 21 heavy (non-hydrogen) atoms. The second-order valence-corrected chi connectivity index (χ2v) is 7.50. The molecule has 2 aromatic heterocycles. The molecular formula is C14H19N3O2S2. The van der Waals surface area contributed by atoms with E-state index in [9.17, 15) is 8.42 Å². The van der Waals surface area contributed by atoms with Crippen molar-refractivity contribution in [1.29, 1.82) is 0 Å². The molecule has 2 heterocycles. The highest BCUT2D eigenvalue weighted by Gasteiger charge is 2.16. The number of rotatable bonds is 8. The van der Waals surface area contributed by atoms with E-state index in [1.165, 1.54) is 11.3 Å². The minimum atomic E-state index is -3.47. The van der Waals surface area contributed by atoms with Crippen LogP contribution in [0.15, 0.2) is 40.1 Å². The topological polar surface area (TPSA) is 71.1 Å². The molecule has 0 aliphatic carbocycles. The van der Waals surface area contributed by atoms with Gasteiger partial charge < -0.3 is 5.32 Å². The van der Waals surface area contributed by atoms with Crippen LogP contribution in [0.1, 0.15) is 24.6 Å². The number of nitrogens with zero attached hydrogens (tertiary/aromatic N) is 1. The zero-order valence-electron chi connectivity index (χ0n) is 11.9. The van der Waals surface area contributed by atoms with Crippen LogP contribution in [0.5, 0.6) is 0 Å². The van der Waals surface area contributed by atoms with Crippen molar-refractivity contribution < 1.29 is 8.42 Å². The monoisotopic (exact) mass is 325 g/mol. The van der Waals surface area contributed by atoms with Gasteiger partial charge in [0, 0.05) is 12.7 Å². The fourth-order valence-corrected chi connectivity index (χ4v) is 3.99. The van der Waals surface area contributed by atoms with Crippen molar-refractivity contribution in [2.75, 3.05) is 6.54 Å². The average Bonchev–Trinajstić information content (AvgIpc) is 2.96. The third-order valence-corrected chi connectivity index (χ3v) is 5.71. The van der Waals surface area contributed by atoms with Crippen LogP contribution in [0.3, 0.4) is 0 Å². The lowest BCUT2D eigenvalue weighted by atomic mass is 10.3. The smallest absolute Gasteiger partial charge is 0.250 e. The van der Waals surface area contributed by atoms with Crippen LogP contribution in [0.4, 0.5) is 0 Å². The zero-order valence-corrected chi connectivity index (χ0v) is 13.5. The molecule has 0 aliphatic heterocycles. The van der Waals surface area contributed by atoms with Gasteiger partial charge in [0.05, 0.1) is 12.2 Å². The maximum Gasteiger partial charge on any atom is 0.250 e. The maximum atomic E-state index is 12.2. The minimum Gasteiger partial charge on any atom is -0.313 e. The van der Waals surface area contributed by atoms with Crippen molar-refractivity contribution in [3.8, 4) is 0 Å². The lowest BCUT2D eigenvalue weighted by Gasteiger charge is -2.04. The summed E-state index contributed by atoms with van der Waals surface area (Å²) >= 11 is 1.24. The molecule has 0 spiro atoms. The predicted molar refractivity (Wildman–Crippen MR) is 84.6 cm³/mol. The summed E-state index contributed by atoms with van der Waals surface area (Å²) in [4.78, 5) is 4.10. The van der Waals surface area contributed by atoms with Crippen LogP contribution >= 0.6 is 11.3 Å². The number of thiophene rings is 1. The van der Waals surface area contributed by atoms with Gasteiger partial charge in [-0.25, -0.2) is 13.1 Å². The van der Waals surface area contributed by atoms with Crippen LogP contribution < -0.4 is 10.0 Å². The molecule has 0 atom stereocenters. The summed E-state index contributed by atoms with van der Waals surface area (Å²) in [5, 5.41) is 5.13.